The SMILES string of the molecule is CC(=O)N/N=C1\CCCc2ccc(-c3cnn(-c4cccnc4)c3)nc21. The minimum atomic E-state index is -0.182. The van der Waals surface area contributed by atoms with Gasteiger partial charge in [0.1, 0.15) is 0 Å². The van der Waals surface area contributed by atoms with Crippen molar-refractivity contribution < 1.29 is 4.79 Å². The van der Waals surface area contributed by atoms with Gasteiger partial charge in [0.15, 0.2) is 0 Å². The van der Waals surface area contributed by atoms with Crippen LogP contribution in [0.4, 0.5) is 0 Å². The second-order valence-electron chi connectivity index (χ2n) is 6.17. The summed E-state index contributed by atoms with van der Waals surface area (Å²) in [4.78, 5) is 20.1. The number of pyridine rings is 2. The lowest BCUT2D eigenvalue weighted by Gasteiger charge is -2.17. The highest BCUT2D eigenvalue weighted by Gasteiger charge is 2.19. The van der Waals surface area contributed by atoms with E-state index in [2.05, 4.69) is 26.7 Å². The molecule has 0 atom stereocenters. The molecule has 0 bridgehead atoms. The summed E-state index contributed by atoms with van der Waals surface area (Å²) in [5.74, 6) is -0.182. The molecule has 3 aromatic rings. The van der Waals surface area contributed by atoms with Crippen LogP contribution in [0.3, 0.4) is 0 Å². The molecule has 0 unspecified atom stereocenters. The van der Waals surface area contributed by atoms with Crippen molar-refractivity contribution in [1.82, 2.24) is 25.2 Å². The van der Waals surface area contributed by atoms with Gasteiger partial charge in [-0.15, -0.1) is 0 Å². The third-order valence-corrected chi connectivity index (χ3v) is 4.25. The normalized spacial score (nSPS) is 14.9. The van der Waals surface area contributed by atoms with Crippen LogP contribution in [0.1, 0.15) is 31.0 Å². The molecule has 1 N–H and O–H groups in total. The van der Waals surface area contributed by atoms with E-state index in [1.54, 1.807) is 23.3 Å². The molecule has 0 aliphatic heterocycles. The van der Waals surface area contributed by atoms with Crippen molar-refractivity contribution in [1.29, 1.82) is 0 Å². The third kappa shape index (κ3) is 3.23. The van der Waals surface area contributed by atoms with E-state index in [4.69, 9.17) is 4.98 Å². The fraction of sp³-hybridized carbons (Fsp3) is 0.211. The summed E-state index contributed by atoms with van der Waals surface area (Å²) in [5.41, 5.74) is 8.00. The third-order valence-electron chi connectivity index (χ3n) is 4.25. The van der Waals surface area contributed by atoms with Crippen LogP contribution in [0.2, 0.25) is 0 Å². The van der Waals surface area contributed by atoms with Crippen molar-refractivity contribution >= 4 is 11.6 Å². The first-order chi connectivity index (χ1) is 12.7. The van der Waals surface area contributed by atoms with E-state index in [0.29, 0.717) is 0 Å². The van der Waals surface area contributed by atoms with Crippen molar-refractivity contribution in [3.05, 3.63) is 60.3 Å². The van der Waals surface area contributed by atoms with E-state index >= 15 is 0 Å². The molecule has 7 heteroatoms. The van der Waals surface area contributed by atoms with Crippen molar-refractivity contribution in [2.75, 3.05) is 0 Å². The lowest BCUT2D eigenvalue weighted by Crippen LogP contribution is -2.21. The van der Waals surface area contributed by atoms with Gasteiger partial charge in [-0.05, 0) is 43.0 Å². The first-order valence-electron chi connectivity index (χ1n) is 8.49. The smallest absolute Gasteiger partial charge is 0.236 e. The highest BCUT2D eigenvalue weighted by atomic mass is 16.2. The van der Waals surface area contributed by atoms with Gasteiger partial charge in [0, 0.05) is 24.9 Å². The molecule has 130 valence electrons. The number of hydrazone groups is 1. The maximum Gasteiger partial charge on any atom is 0.236 e. The van der Waals surface area contributed by atoms with E-state index in [1.165, 1.54) is 6.92 Å². The number of rotatable bonds is 3. The Balaban J connectivity index is 1.69. The second kappa shape index (κ2) is 6.87. The van der Waals surface area contributed by atoms with E-state index in [0.717, 1.165) is 53.2 Å². The standard InChI is InChI=1S/C19H18N6O/c1-13(26)23-24-18-6-2-4-14-7-8-17(22-19(14)18)15-10-21-25(12-15)16-5-3-9-20-11-16/h3,5,7-12H,2,4,6H2,1H3,(H,23,26)/b24-18+. The summed E-state index contributed by atoms with van der Waals surface area (Å²) >= 11 is 0. The van der Waals surface area contributed by atoms with E-state index < -0.39 is 0 Å². The number of nitrogens with zero attached hydrogens (tertiary/aromatic N) is 5. The van der Waals surface area contributed by atoms with Gasteiger partial charge in [0.05, 0.1) is 35.2 Å². The Morgan fingerprint density at radius 1 is 1.23 bits per heavy atom. The zero-order valence-corrected chi connectivity index (χ0v) is 14.4. The lowest BCUT2D eigenvalue weighted by atomic mass is 9.94. The first kappa shape index (κ1) is 16.1. The largest absolute Gasteiger partial charge is 0.274 e. The number of nitrogens with one attached hydrogen (secondary N) is 1. The Morgan fingerprint density at radius 2 is 2.15 bits per heavy atom. The van der Waals surface area contributed by atoms with E-state index in [9.17, 15) is 4.79 Å². The second-order valence-corrected chi connectivity index (χ2v) is 6.17. The van der Waals surface area contributed by atoms with Crippen LogP contribution >= 0.6 is 0 Å². The monoisotopic (exact) mass is 346 g/mol. The summed E-state index contributed by atoms with van der Waals surface area (Å²) in [6, 6.07) is 7.91. The predicted molar refractivity (Wildman–Crippen MR) is 97.9 cm³/mol. The molecule has 1 aliphatic carbocycles. The topological polar surface area (TPSA) is 85.1 Å². The molecular formula is C19H18N6O. The zero-order chi connectivity index (χ0) is 17.9. The fourth-order valence-electron chi connectivity index (χ4n) is 3.01. The summed E-state index contributed by atoms with van der Waals surface area (Å²) in [5, 5.41) is 8.64. The van der Waals surface area contributed by atoms with Gasteiger partial charge in [-0.2, -0.15) is 10.2 Å². The Morgan fingerprint density at radius 3 is 2.96 bits per heavy atom. The molecule has 0 spiro atoms. The van der Waals surface area contributed by atoms with Crippen LogP contribution in [-0.2, 0) is 11.2 Å². The highest BCUT2D eigenvalue weighted by molar-refractivity contribution is 6.01. The number of aryl methyl sites for hydroxylation is 1. The van der Waals surface area contributed by atoms with Crippen LogP contribution < -0.4 is 5.43 Å². The van der Waals surface area contributed by atoms with Crippen LogP contribution in [-0.4, -0.2) is 31.4 Å². The molecule has 1 aliphatic rings. The molecule has 0 saturated heterocycles. The fourth-order valence-corrected chi connectivity index (χ4v) is 3.01. The van der Waals surface area contributed by atoms with Gasteiger partial charge in [0.25, 0.3) is 0 Å². The van der Waals surface area contributed by atoms with Gasteiger partial charge in [0.2, 0.25) is 5.91 Å². The van der Waals surface area contributed by atoms with Crippen molar-refractivity contribution in [3.8, 4) is 16.9 Å². The molecule has 0 saturated carbocycles. The summed E-state index contributed by atoms with van der Waals surface area (Å²) < 4.78 is 1.77. The molecule has 1 amide bonds. The predicted octanol–water partition coefficient (Wildman–Crippen LogP) is 2.51. The van der Waals surface area contributed by atoms with Crippen LogP contribution in [0.25, 0.3) is 16.9 Å². The number of aromatic nitrogens is 4. The summed E-state index contributed by atoms with van der Waals surface area (Å²) in [6.07, 6.45) is 9.99. The van der Waals surface area contributed by atoms with Crippen molar-refractivity contribution in [2.45, 2.75) is 26.2 Å². The molecular weight excluding hydrogens is 328 g/mol. The van der Waals surface area contributed by atoms with Gasteiger partial charge in [-0.3, -0.25) is 9.78 Å². The van der Waals surface area contributed by atoms with Crippen molar-refractivity contribution in [3.63, 3.8) is 0 Å². The Hall–Kier alpha value is -3.35. The number of carbonyl (C=O) groups is 1. The molecule has 7 nitrogen and oxygen atoms in total. The number of hydrogen-bond acceptors (Lipinski definition) is 5. The van der Waals surface area contributed by atoms with Gasteiger partial charge in [-0.25, -0.2) is 15.1 Å². The number of hydrogen-bond donors (Lipinski definition) is 1. The van der Waals surface area contributed by atoms with Crippen LogP contribution in [0.15, 0.2) is 54.2 Å². The quantitative estimate of drug-likeness (QED) is 0.739. The molecule has 4 rings (SSSR count). The number of amides is 1. The van der Waals surface area contributed by atoms with Gasteiger partial charge < -0.3 is 0 Å². The summed E-state index contributed by atoms with van der Waals surface area (Å²) in [7, 11) is 0. The number of carbonyl (C=O) groups excluding carboxylic acids is 1. The molecule has 3 heterocycles. The zero-order valence-electron chi connectivity index (χ0n) is 14.4. The van der Waals surface area contributed by atoms with E-state index in [-0.39, 0.29) is 5.91 Å². The number of fused-ring (bicyclic) bond motifs is 1. The minimum absolute atomic E-state index is 0.182. The van der Waals surface area contributed by atoms with E-state index in [1.807, 2.05) is 24.4 Å². The Bertz CT molecular complexity index is 977. The van der Waals surface area contributed by atoms with Gasteiger partial charge in [-0.1, -0.05) is 6.07 Å². The minimum Gasteiger partial charge on any atom is -0.274 e. The highest BCUT2D eigenvalue weighted by Crippen LogP contribution is 2.25. The lowest BCUT2D eigenvalue weighted by molar-refractivity contribution is -0.118. The Labute approximate surface area is 150 Å². The average Bonchev–Trinajstić information content (AvgIpc) is 3.17. The van der Waals surface area contributed by atoms with Crippen molar-refractivity contribution in [2.24, 2.45) is 5.10 Å². The molecule has 0 radical (unpaired) electrons. The van der Waals surface area contributed by atoms with Crippen LogP contribution in [0, 0.1) is 0 Å². The molecule has 26 heavy (non-hydrogen) atoms. The first-order valence-corrected chi connectivity index (χ1v) is 8.49. The molecule has 0 fully saturated rings. The summed E-state index contributed by atoms with van der Waals surface area (Å²) in [6.45, 7) is 1.45. The molecule has 3 aromatic heterocycles. The van der Waals surface area contributed by atoms with Crippen LogP contribution in [0.5, 0.6) is 0 Å². The Kier molecular flexibility index (Phi) is 4.27. The van der Waals surface area contributed by atoms with Gasteiger partial charge >= 0.3 is 0 Å². The molecule has 0 aromatic carbocycles. The maximum atomic E-state index is 11.2. The average molecular weight is 346 g/mol. The maximum absolute atomic E-state index is 11.2.